The Balaban J connectivity index is 2.17. The minimum atomic E-state index is -0.790. The molecule has 0 aliphatic carbocycles. The van der Waals surface area contributed by atoms with Gasteiger partial charge in [-0.3, -0.25) is 4.79 Å². The fourth-order valence-corrected chi connectivity index (χ4v) is 2.86. The van der Waals surface area contributed by atoms with E-state index in [1.807, 2.05) is 4.90 Å². The summed E-state index contributed by atoms with van der Waals surface area (Å²) in [5.74, 6) is -0.416. The number of carbonyl (C=O) groups is 2. The standard InChI is InChI=1S/C18H27FN4O3/c1-13(25)22-7-4-8-23(10-9-22)16-6-5-14(19)11-15(16)20-17(26)21-18(2,3)12-24/h5-6,11,24H,4,7-10,12H2,1-3H3,(H2,20,21,26). The van der Waals surface area contributed by atoms with Crippen LogP contribution in [0.3, 0.4) is 0 Å². The lowest BCUT2D eigenvalue weighted by Crippen LogP contribution is -2.48. The largest absolute Gasteiger partial charge is 0.394 e. The van der Waals surface area contributed by atoms with Gasteiger partial charge in [-0.15, -0.1) is 0 Å². The summed E-state index contributed by atoms with van der Waals surface area (Å²) in [6, 6.07) is 3.74. The number of anilines is 2. The Bertz CT molecular complexity index is 666. The van der Waals surface area contributed by atoms with Gasteiger partial charge in [-0.05, 0) is 38.5 Å². The fourth-order valence-electron chi connectivity index (χ4n) is 2.86. The zero-order chi connectivity index (χ0) is 19.3. The highest BCUT2D eigenvalue weighted by Crippen LogP contribution is 2.28. The third-order valence-corrected chi connectivity index (χ3v) is 4.34. The Kier molecular flexibility index (Phi) is 6.42. The van der Waals surface area contributed by atoms with Crippen LogP contribution >= 0.6 is 0 Å². The number of nitrogens with zero attached hydrogens (tertiary/aromatic N) is 2. The normalized spacial score (nSPS) is 15.4. The van der Waals surface area contributed by atoms with Gasteiger partial charge < -0.3 is 25.5 Å². The van der Waals surface area contributed by atoms with Crippen molar-refractivity contribution in [1.29, 1.82) is 0 Å². The second-order valence-corrected chi connectivity index (χ2v) is 7.13. The van der Waals surface area contributed by atoms with Crippen LogP contribution in [0.1, 0.15) is 27.2 Å². The van der Waals surface area contributed by atoms with Crippen LogP contribution in [-0.4, -0.2) is 60.3 Å². The van der Waals surface area contributed by atoms with Crippen molar-refractivity contribution < 1.29 is 19.1 Å². The number of hydrogen-bond donors (Lipinski definition) is 3. The highest BCUT2D eigenvalue weighted by Gasteiger charge is 2.22. The van der Waals surface area contributed by atoms with Crippen LogP contribution in [0.5, 0.6) is 0 Å². The number of carbonyl (C=O) groups excluding carboxylic acids is 2. The van der Waals surface area contributed by atoms with Gasteiger partial charge in [0.05, 0.1) is 23.5 Å². The summed E-state index contributed by atoms with van der Waals surface area (Å²) < 4.78 is 13.7. The van der Waals surface area contributed by atoms with Crippen molar-refractivity contribution in [2.45, 2.75) is 32.7 Å². The molecule has 0 radical (unpaired) electrons. The summed E-state index contributed by atoms with van der Waals surface area (Å²) in [4.78, 5) is 27.6. The molecular weight excluding hydrogens is 339 g/mol. The van der Waals surface area contributed by atoms with E-state index in [1.54, 1.807) is 31.7 Å². The predicted octanol–water partition coefficient (Wildman–Crippen LogP) is 1.78. The molecule has 1 heterocycles. The van der Waals surface area contributed by atoms with Crippen molar-refractivity contribution in [3.8, 4) is 0 Å². The molecule has 144 valence electrons. The maximum Gasteiger partial charge on any atom is 0.319 e. The number of halogens is 1. The van der Waals surface area contributed by atoms with E-state index in [0.717, 1.165) is 6.42 Å². The molecule has 0 bridgehead atoms. The lowest BCUT2D eigenvalue weighted by molar-refractivity contribution is -0.128. The number of nitrogens with one attached hydrogen (secondary N) is 2. The van der Waals surface area contributed by atoms with Gasteiger partial charge in [-0.25, -0.2) is 9.18 Å². The molecule has 3 amide bonds. The van der Waals surface area contributed by atoms with E-state index >= 15 is 0 Å². The van der Waals surface area contributed by atoms with E-state index in [1.165, 1.54) is 12.1 Å². The first-order valence-corrected chi connectivity index (χ1v) is 8.72. The SMILES string of the molecule is CC(=O)N1CCCN(c2ccc(F)cc2NC(=O)NC(C)(C)CO)CC1. The van der Waals surface area contributed by atoms with Crippen molar-refractivity contribution in [1.82, 2.24) is 10.2 Å². The zero-order valence-corrected chi connectivity index (χ0v) is 15.5. The first kappa shape index (κ1) is 20.0. The van der Waals surface area contributed by atoms with E-state index < -0.39 is 17.4 Å². The average Bonchev–Trinajstić information content (AvgIpc) is 2.80. The van der Waals surface area contributed by atoms with Gasteiger partial charge in [0.1, 0.15) is 5.82 Å². The molecule has 0 aromatic heterocycles. The van der Waals surface area contributed by atoms with E-state index in [2.05, 4.69) is 10.6 Å². The van der Waals surface area contributed by atoms with Crippen molar-refractivity contribution in [2.24, 2.45) is 0 Å². The predicted molar refractivity (Wildman–Crippen MR) is 98.8 cm³/mol. The van der Waals surface area contributed by atoms with Gasteiger partial charge in [-0.2, -0.15) is 0 Å². The van der Waals surface area contributed by atoms with Crippen molar-refractivity contribution >= 4 is 23.3 Å². The first-order chi connectivity index (χ1) is 12.2. The molecule has 1 aromatic rings. The molecular formula is C18H27FN4O3. The molecule has 7 nitrogen and oxygen atoms in total. The number of benzene rings is 1. The topological polar surface area (TPSA) is 84.9 Å². The molecule has 1 aliphatic heterocycles. The molecule has 1 aromatic carbocycles. The summed E-state index contributed by atoms with van der Waals surface area (Å²) in [7, 11) is 0. The minimum absolute atomic E-state index is 0.0370. The molecule has 2 rings (SSSR count). The quantitative estimate of drug-likeness (QED) is 0.758. The Hall–Kier alpha value is -2.35. The summed E-state index contributed by atoms with van der Waals surface area (Å²) in [5.41, 5.74) is 0.267. The Morgan fingerprint density at radius 2 is 1.96 bits per heavy atom. The second kappa shape index (κ2) is 8.35. The van der Waals surface area contributed by atoms with Gasteiger partial charge in [0.15, 0.2) is 0 Å². The number of aliphatic hydroxyl groups is 1. The van der Waals surface area contributed by atoms with Gasteiger partial charge in [0.25, 0.3) is 0 Å². The smallest absolute Gasteiger partial charge is 0.319 e. The van der Waals surface area contributed by atoms with E-state index in [9.17, 15) is 19.1 Å². The molecule has 8 heteroatoms. The Labute approximate surface area is 153 Å². The number of rotatable bonds is 4. The van der Waals surface area contributed by atoms with Gasteiger partial charge >= 0.3 is 6.03 Å². The molecule has 0 spiro atoms. The van der Waals surface area contributed by atoms with Gasteiger partial charge in [0, 0.05) is 33.1 Å². The van der Waals surface area contributed by atoms with Crippen LogP contribution in [-0.2, 0) is 4.79 Å². The summed E-state index contributed by atoms with van der Waals surface area (Å²) in [6.07, 6.45) is 0.792. The molecule has 3 N–H and O–H groups in total. The van der Waals surface area contributed by atoms with Crippen LogP contribution in [0, 0.1) is 5.82 Å². The zero-order valence-electron chi connectivity index (χ0n) is 15.5. The van der Waals surface area contributed by atoms with Crippen LogP contribution in [0.4, 0.5) is 20.6 Å². The molecule has 1 saturated heterocycles. The average molecular weight is 366 g/mol. The number of amides is 3. The third kappa shape index (κ3) is 5.32. The van der Waals surface area contributed by atoms with E-state index in [0.29, 0.717) is 37.6 Å². The maximum absolute atomic E-state index is 13.7. The first-order valence-electron chi connectivity index (χ1n) is 8.72. The second-order valence-electron chi connectivity index (χ2n) is 7.13. The Morgan fingerprint density at radius 1 is 1.23 bits per heavy atom. The van der Waals surface area contributed by atoms with Crippen molar-refractivity contribution in [2.75, 3.05) is 43.0 Å². The van der Waals surface area contributed by atoms with Crippen LogP contribution in [0.15, 0.2) is 18.2 Å². The fraction of sp³-hybridized carbons (Fsp3) is 0.556. The van der Waals surface area contributed by atoms with E-state index in [4.69, 9.17) is 0 Å². The molecule has 1 fully saturated rings. The van der Waals surface area contributed by atoms with Gasteiger partial charge in [-0.1, -0.05) is 0 Å². The molecule has 0 atom stereocenters. The monoisotopic (exact) mass is 366 g/mol. The lowest BCUT2D eigenvalue weighted by atomic mass is 10.1. The highest BCUT2D eigenvalue weighted by molar-refractivity contribution is 5.93. The number of urea groups is 1. The summed E-state index contributed by atoms with van der Waals surface area (Å²) in [5, 5.41) is 14.6. The third-order valence-electron chi connectivity index (χ3n) is 4.34. The molecule has 1 aliphatic rings. The van der Waals surface area contributed by atoms with Crippen LogP contribution in [0.25, 0.3) is 0 Å². The van der Waals surface area contributed by atoms with Crippen molar-refractivity contribution in [3.63, 3.8) is 0 Å². The number of aliphatic hydroxyl groups excluding tert-OH is 1. The lowest BCUT2D eigenvalue weighted by Gasteiger charge is -2.27. The van der Waals surface area contributed by atoms with Gasteiger partial charge in [0.2, 0.25) is 5.91 Å². The van der Waals surface area contributed by atoms with Crippen LogP contribution in [0.2, 0.25) is 0 Å². The maximum atomic E-state index is 13.7. The van der Waals surface area contributed by atoms with Crippen LogP contribution < -0.4 is 15.5 Å². The Morgan fingerprint density at radius 3 is 2.62 bits per heavy atom. The minimum Gasteiger partial charge on any atom is -0.394 e. The molecule has 0 unspecified atom stereocenters. The van der Waals surface area contributed by atoms with E-state index in [-0.39, 0.29) is 12.5 Å². The summed E-state index contributed by atoms with van der Waals surface area (Å²) >= 11 is 0. The van der Waals surface area contributed by atoms with Crippen molar-refractivity contribution in [3.05, 3.63) is 24.0 Å². The summed E-state index contributed by atoms with van der Waals surface area (Å²) in [6.45, 7) is 7.26. The number of hydrogen-bond acceptors (Lipinski definition) is 4. The highest BCUT2D eigenvalue weighted by atomic mass is 19.1. The molecule has 26 heavy (non-hydrogen) atoms. The molecule has 0 saturated carbocycles.